The predicted molar refractivity (Wildman–Crippen MR) is 95.7 cm³/mol. The summed E-state index contributed by atoms with van der Waals surface area (Å²) < 4.78 is 31.8. The first-order valence-electron chi connectivity index (χ1n) is 7.85. The van der Waals surface area contributed by atoms with Gasteiger partial charge in [0.15, 0.2) is 0 Å². The summed E-state index contributed by atoms with van der Waals surface area (Å²) in [4.78, 5) is 11.6. The number of rotatable bonds is 6. The average Bonchev–Trinajstić information content (AvgIpc) is 2.54. The van der Waals surface area contributed by atoms with Crippen LogP contribution in [0.15, 0.2) is 24.3 Å². The minimum absolute atomic E-state index is 0. The maximum atomic E-state index is 12.8. The topological polar surface area (TPSA) is 89.7 Å². The van der Waals surface area contributed by atoms with Crippen LogP contribution in [0.25, 0.3) is 0 Å². The van der Waals surface area contributed by atoms with E-state index in [1.165, 1.54) is 7.11 Å². The Morgan fingerprint density at radius 2 is 2.12 bits per heavy atom. The van der Waals surface area contributed by atoms with Crippen molar-refractivity contribution < 1.29 is 17.9 Å². The lowest BCUT2D eigenvalue weighted by atomic mass is 10.0. The molecule has 136 valence electrons. The van der Waals surface area contributed by atoms with E-state index in [-0.39, 0.29) is 24.2 Å². The van der Waals surface area contributed by atoms with Gasteiger partial charge in [0, 0.05) is 12.6 Å². The fourth-order valence-electron chi connectivity index (χ4n) is 3.02. The molecular weight excluding hydrogens is 352 g/mol. The van der Waals surface area contributed by atoms with Gasteiger partial charge in [0.1, 0.15) is 0 Å². The number of hydrogen-bond acceptors (Lipinski definition) is 5. The number of sulfonamides is 1. The van der Waals surface area contributed by atoms with Crippen molar-refractivity contribution >= 4 is 28.4 Å². The highest BCUT2D eigenvalue weighted by molar-refractivity contribution is 7.88. The van der Waals surface area contributed by atoms with Gasteiger partial charge in [-0.25, -0.2) is 13.2 Å². The molecule has 1 unspecified atom stereocenters. The Morgan fingerprint density at radius 1 is 1.38 bits per heavy atom. The number of ether oxygens (including phenoxy) is 1. The van der Waals surface area contributed by atoms with Crippen molar-refractivity contribution in [1.82, 2.24) is 4.31 Å². The van der Waals surface area contributed by atoms with Gasteiger partial charge in [-0.1, -0.05) is 18.6 Å². The Hall–Kier alpha value is -1.15. The van der Waals surface area contributed by atoms with Crippen molar-refractivity contribution in [2.75, 3.05) is 20.2 Å². The van der Waals surface area contributed by atoms with Crippen LogP contribution in [0.1, 0.15) is 41.6 Å². The minimum atomic E-state index is -3.43. The molecule has 1 saturated heterocycles. The lowest BCUT2D eigenvalue weighted by Crippen LogP contribution is -2.45. The Kier molecular flexibility index (Phi) is 8.15. The quantitative estimate of drug-likeness (QED) is 0.766. The summed E-state index contributed by atoms with van der Waals surface area (Å²) in [5.74, 6) is -0.581. The van der Waals surface area contributed by atoms with Crippen LogP contribution in [0.5, 0.6) is 0 Å². The summed E-state index contributed by atoms with van der Waals surface area (Å²) in [6.07, 6.45) is 3.46. The van der Waals surface area contributed by atoms with E-state index in [2.05, 4.69) is 4.74 Å². The van der Waals surface area contributed by atoms with Gasteiger partial charge in [0.05, 0.1) is 18.4 Å². The van der Waals surface area contributed by atoms with Gasteiger partial charge in [-0.2, -0.15) is 4.31 Å². The number of carbonyl (C=O) groups is 1. The first-order valence-corrected chi connectivity index (χ1v) is 9.45. The molecule has 0 saturated carbocycles. The van der Waals surface area contributed by atoms with Crippen LogP contribution in [0.4, 0.5) is 0 Å². The predicted octanol–water partition coefficient (Wildman–Crippen LogP) is 1.93. The number of halogens is 1. The van der Waals surface area contributed by atoms with Crippen LogP contribution >= 0.6 is 12.4 Å². The molecule has 0 aliphatic carbocycles. The number of methoxy groups -OCH3 is 1. The number of nitrogens with two attached hydrogens (primary N) is 1. The summed E-state index contributed by atoms with van der Waals surface area (Å²) in [5.41, 5.74) is 6.56. The van der Waals surface area contributed by atoms with Crippen molar-refractivity contribution in [3.8, 4) is 0 Å². The van der Waals surface area contributed by atoms with Gasteiger partial charge in [-0.3, -0.25) is 0 Å². The second-order valence-electron chi connectivity index (χ2n) is 5.79. The average molecular weight is 377 g/mol. The van der Waals surface area contributed by atoms with E-state index in [1.807, 2.05) is 0 Å². The van der Waals surface area contributed by atoms with E-state index in [0.29, 0.717) is 30.6 Å². The number of hydrogen-bond donors (Lipinski definition) is 1. The summed E-state index contributed by atoms with van der Waals surface area (Å²) in [7, 11) is -2.13. The number of carbonyl (C=O) groups excluding carboxylic acids is 1. The third-order valence-electron chi connectivity index (χ3n) is 4.13. The minimum Gasteiger partial charge on any atom is -0.465 e. The molecule has 2 N–H and O–H groups in total. The molecule has 0 bridgehead atoms. The van der Waals surface area contributed by atoms with E-state index in [9.17, 15) is 13.2 Å². The molecule has 0 radical (unpaired) electrons. The number of nitrogens with zero attached hydrogens (tertiary/aromatic N) is 1. The summed E-state index contributed by atoms with van der Waals surface area (Å²) >= 11 is 0. The Balaban J connectivity index is 0.00000288. The number of piperidine rings is 1. The monoisotopic (exact) mass is 376 g/mol. The van der Waals surface area contributed by atoms with Crippen LogP contribution in [-0.4, -0.2) is 44.9 Å². The van der Waals surface area contributed by atoms with Crippen molar-refractivity contribution in [3.05, 3.63) is 35.4 Å². The fraction of sp³-hybridized carbons (Fsp3) is 0.562. The van der Waals surface area contributed by atoms with Crippen LogP contribution in [0, 0.1) is 0 Å². The van der Waals surface area contributed by atoms with Gasteiger partial charge < -0.3 is 10.5 Å². The molecule has 1 aliphatic rings. The van der Waals surface area contributed by atoms with E-state index in [4.69, 9.17) is 5.73 Å². The summed E-state index contributed by atoms with van der Waals surface area (Å²) in [6, 6.07) is 6.56. The molecule has 0 spiro atoms. The van der Waals surface area contributed by atoms with Gasteiger partial charge in [-0.05, 0) is 43.5 Å². The highest BCUT2D eigenvalue weighted by Crippen LogP contribution is 2.24. The standard InChI is InChI=1S/C16H24N2O4S.ClH/c1-22-16(19)14-6-4-5-13(11-14)12-23(20,21)18-10-3-2-7-15(18)8-9-17;/h4-6,11,15H,2-3,7-10,12,17H2,1H3;1H. The van der Waals surface area contributed by atoms with E-state index >= 15 is 0 Å². The Morgan fingerprint density at radius 3 is 2.79 bits per heavy atom. The molecule has 1 fully saturated rings. The van der Waals surface area contributed by atoms with Crippen molar-refractivity contribution in [1.29, 1.82) is 0 Å². The zero-order valence-corrected chi connectivity index (χ0v) is 15.4. The van der Waals surface area contributed by atoms with E-state index in [1.54, 1.807) is 28.6 Å². The molecule has 6 nitrogen and oxygen atoms in total. The lowest BCUT2D eigenvalue weighted by molar-refractivity contribution is 0.0600. The number of esters is 1. The zero-order valence-electron chi connectivity index (χ0n) is 13.8. The molecule has 0 aromatic heterocycles. The Bertz CT molecular complexity index is 649. The van der Waals surface area contributed by atoms with Crippen molar-refractivity contribution in [2.24, 2.45) is 5.73 Å². The highest BCUT2D eigenvalue weighted by atomic mass is 35.5. The molecule has 24 heavy (non-hydrogen) atoms. The zero-order chi connectivity index (χ0) is 16.9. The van der Waals surface area contributed by atoms with Crippen LogP contribution in [0.2, 0.25) is 0 Å². The van der Waals surface area contributed by atoms with Crippen LogP contribution < -0.4 is 5.73 Å². The second-order valence-corrected chi connectivity index (χ2v) is 7.71. The van der Waals surface area contributed by atoms with Gasteiger partial charge in [0.2, 0.25) is 10.0 Å². The highest BCUT2D eigenvalue weighted by Gasteiger charge is 2.31. The molecule has 1 aliphatic heterocycles. The summed E-state index contributed by atoms with van der Waals surface area (Å²) in [6.45, 7) is 1.03. The maximum absolute atomic E-state index is 12.8. The van der Waals surface area contributed by atoms with E-state index < -0.39 is 16.0 Å². The molecule has 1 heterocycles. The normalized spacial score (nSPS) is 18.7. The molecule has 2 rings (SSSR count). The molecule has 8 heteroatoms. The van der Waals surface area contributed by atoms with Crippen LogP contribution in [0.3, 0.4) is 0 Å². The smallest absolute Gasteiger partial charge is 0.337 e. The SMILES string of the molecule is COC(=O)c1cccc(CS(=O)(=O)N2CCCCC2CCN)c1.Cl. The lowest BCUT2D eigenvalue weighted by Gasteiger charge is -2.34. The molecule has 1 atom stereocenters. The fourth-order valence-corrected chi connectivity index (χ4v) is 4.86. The van der Waals surface area contributed by atoms with Crippen LogP contribution in [-0.2, 0) is 20.5 Å². The maximum Gasteiger partial charge on any atom is 0.337 e. The number of benzene rings is 1. The first kappa shape index (κ1) is 20.9. The van der Waals surface area contributed by atoms with Crippen molar-refractivity contribution in [3.63, 3.8) is 0 Å². The second kappa shape index (κ2) is 9.36. The Labute approximate surface area is 149 Å². The molecule has 1 aromatic rings. The summed E-state index contributed by atoms with van der Waals surface area (Å²) in [5, 5.41) is 0. The third-order valence-corrected chi connectivity index (χ3v) is 6.02. The van der Waals surface area contributed by atoms with E-state index in [0.717, 1.165) is 19.3 Å². The van der Waals surface area contributed by atoms with Gasteiger partial charge >= 0.3 is 5.97 Å². The van der Waals surface area contributed by atoms with Gasteiger partial charge in [-0.15, -0.1) is 12.4 Å². The first-order chi connectivity index (χ1) is 11.0. The molecular formula is C16H25ClN2O4S. The third kappa shape index (κ3) is 5.17. The van der Waals surface area contributed by atoms with Crippen molar-refractivity contribution in [2.45, 2.75) is 37.5 Å². The van der Waals surface area contributed by atoms with Gasteiger partial charge in [0.25, 0.3) is 0 Å². The molecule has 1 aromatic carbocycles. The largest absolute Gasteiger partial charge is 0.465 e. The molecule has 0 amide bonds.